The molecule has 0 N–H and O–H groups in total. The Hall–Kier alpha value is -0.993. The van der Waals surface area contributed by atoms with Crippen LogP contribution in [0.1, 0.15) is 13.3 Å². The molecule has 0 spiro atoms. The van der Waals surface area contributed by atoms with Gasteiger partial charge in [-0.15, -0.1) is 0 Å². The molecule has 0 saturated heterocycles. The molecule has 0 heterocycles. The molecule has 2 nitrogen and oxygen atoms in total. The summed E-state index contributed by atoms with van der Waals surface area (Å²) in [5.41, 5.74) is 0. The Morgan fingerprint density at radius 1 is 0.864 bits per heavy atom. The summed E-state index contributed by atoms with van der Waals surface area (Å²) in [6.07, 6.45) is 1.06. The molecule has 2 aromatic carbocycles. The fourth-order valence-corrected chi connectivity index (χ4v) is 10.1. The Morgan fingerprint density at radius 2 is 1.27 bits per heavy atom. The van der Waals surface area contributed by atoms with Crippen LogP contribution < -0.4 is 10.6 Å². The van der Waals surface area contributed by atoms with E-state index >= 15 is 0 Å². The van der Waals surface area contributed by atoms with E-state index in [1.165, 1.54) is 10.6 Å². The molecule has 22 heavy (non-hydrogen) atoms. The average molecular weight is 332 g/mol. The Kier molecular flexibility index (Phi) is 6.33. The highest BCUT2D eigenvalue weighted by atomic mass is 31.1. The first-order chi connectivity index (χ1) is 10.7. The fraction of sp³-hybridized carbons (Fsp3) is 0.333. The second-order valence-electron chi connectivity index (χ2n) is 5.39. The maximum absolute atomic E-state index is 5.90. The zero-order valence-electron chi connectivity index (χ0n) is 13.8. The standard InChI is InChI=1S/C18H25O2PSi/c1-5-18(22(4,19-2)20-3)21(16-12-8-6-9-13-16)17-14-10-7-11-15-17/h6-15,18H,5H2,1-4H3. The van der Waals surface area contributed by atoms with Crippen molar-refractivity contribution in [3.05, 3.63) is 60.7 Å². The van der Waals surface area contributed by atoms with Gasteiger partial charge >= 0.3 is 8.56 Å². The highest BCUT2D eigenvalue weighted by Gasteiger charge is 2.44. The second-order valence-corrected chi connectivity index (χ2v) is 11.8. The minimum atomic E-state index is -2.23. The monoisotopic (exact) mass is 332 g/mol. The van der Waals surface area contributed by atoms with Gasteiger partial charge in [0.2, 0.25) is 0 Å². The third kappa shape index (κ3) is 3.67. The predicted octanol–water partition coefficient (Wildman–Crippen LogP) is 3.80. The smallest absolute Gasteiger partial charge is 0.342 e. The van der Waals surface area contributed by atoms with Crippen LogP contribution in [0.15, 0.2) is 60.7 Å². The normalized spacial score (nSPS) is 13.3. The molecule has 0 aliphatic heterocycles. The van der Waals surface area contributed by atoms with E-state index in [-0.39, 0.29) is 0 Å². The van der Waals surface area contributed by atoms with Gasteiger partial charge < -0.3 is 8.85 Å². The first-order valence-corrected chi connectivity index (χ1v) is 11.5. The lowest BCUT2D eigenvalue weighted by Crippen LogP contribution is -2.50. The molecule has 118 valence electrons. The van der Waals surface area contributed by atoms with Crippen molar-refractivity contribution in [2.24, 2.45) is 0 Å². The van der Waals surface area contributed by atoms with Crippen molar-refractivity contribution in [1.82, 2.24) is 0 Å². The van der Waals surface area contributed by atoms with Crippen molar-refractivity contribution < 1.29 is 8.85 Å². The number of hydrogen-bond acceptors (Lipinski definition) is 2. The molecule has 0 aromatic heterocycles. The summed E-state index contributed by atoms with van der Waals surface area (Å²) < 4.78 is 11.8. The third-order valence-electron chi connectivity index (χ3n) is 4.18. The van der Waals surface area contributed by atoms with Crippen LogP contribution in [0, 0.1) is 0 Å². The molecular formula is C18H25O2PSi. The van der Waals surface area contributed by atoms with Gasteiger partial charge in [-0.1, -0.05) is 67.6 Å². The van der Waals surface area contributed by atoms with E-state index in [2.05, 4.69) is 74.1 Å². The van der Waals surface area contributed by atoms with Gasteiger partial charge in [0, 0.05) is 19.5 Å². The molecule has 0 amide bonds. The van der Waals surface area contributed by atoms with Crippen LogP contribution in [0.3, 0.4) is 0 Å². The maximum atomic E-state index is 5.90. The van der Waals surface area contributed by atoms with E-state index in [4.69, 9.17) is 8.85 Å². The molecule has 2 rings (SSSR count). The van der Waals surface area contributed by atoms with Crippen LogP contribution in [0.4, 0.5) is 0 Å². The summed E-state index contributed by atoms with van der Waals surface area (Å²) in [6, 6.07) is 21.6. The largest absolute Gasteiger partial charge is 0.397 e. The highest BCUT2D eigenvalue weighted by molar-refractivity contribution is 7.75. The second kappa shape index (κ2) is 8.03. The van der Waals surface area contributed by atoms with E-state index in [0.717, 1.165) is 6.42 Å². The number of benzene rings is 2. The van der Waals surface area contributed by atoms with Crippen LogP contribution in [0.25, 0.3) is 0 Å². The van der Waals surface area contributed by atoms with Gasteiger partial charge in [-0.05, 0) is 31.5 Å². The molecule has 1 unspecified atom stereocenters. The van der Waals surface area contributed by atoms with Crippen LogP contribution in [0.2, 0.25) is 6.55 Å². The van der Waals surface area contributed by atoms with Gasteiger partial charge in [0.25, 0.3) is 0 Å². The Morgan fingerprint density at radius 3 is 1.59 bits per heavy atom. The van der Waals surface area contributed by atoms with Crippen molar-refractivity contribution in [3.8, 4) is 0 Å². The van der Waals surface area contributed by atoms with Gasteiger partial charge in [-0.2, -0.15) is 0 Å². The SMILES string of the molecule is CCC(P(c1ccccc1)c1ccccc1)[Si](C)(OC)OC. The number of hydrogen-bond donors (Lipinski definition) is 0. The van der Waals surface area contributed by atoms with E-state index in [9.17, 15) is 0 Å². The third-order valence-corrected chi connectivity index (χ3v) is 12.3. The summed E-state index contributed by atoms with van der Waals surface area (Å²) in [4.78, 5) is 0. The van der Waals surface area contributed by atoms with Crippen molar-refractivity contribution >= 4 is 27.1 Å². The lowest BCUT2D eigenvalue weighted by atomic mass is 10.4. The molecule has 0 fully saturated rings. The molecule has 1 atom stereocenters. The summed E-state index contributed by atoms with van der Waals surface area (Å²) in [5, 5.41) is 3.20. The summed E-state index contributed by atoms with van der Waals surface area (Å²) in [5.74, 6) is 0. The van der Waals surface area contributed by atoms with Gasteiger partial charge in [-0.25, -0.2) is 0 Å². The summed E-state index contributed by atoms with van der Waals surface area (Å²) in [6.45, 7) is 4.43. The van der Waals surface area contributed by atoms with Gasteiger partial charge in [0.15, 0.2) is 0 Å². The maximum Gasteiger partial charge on any atom is 0.342 e. The lowest BCUT2D eigenvalue weighted by Gasteiger charge is -2.37. The van der Waals surface area contributed by atoms with Crippen molar-refractivity contribution in [3.63, 3.8) is 0 Å². The van der Waals surface area contributed by atoms with Crippen molar-refractivity contribution in [2.75, 3.05) is 14.2 Å². The van der Waals surface area contributed by atoms with Gasteiger partial charge in [0.1, 0.15) is 0 Å². The van der Waals surface area contributed by atoms with Crippen molar-refractivity contribution in [1.29, 1.82) is 0 Å². The average Bonchev–Trinajstić information content (AvgIpc) is 2.60. The quantitative estimate of drug-likeness (QED) is 0.567. The van der Waals surface area contributed by atoms with E-state index in [0.29, 0.717) is 5.28 Å². The first kappa shape index (κ1) is 17.4. The Bertz CT molecular complexity index is 518. The summed E-state index contributed by atoms with van der Waals surface area (Å²) >= 11 is 0. The highest BCUT2D eigenvalue weighted by Crippen LogP contribution is 2.45. The topological polar surface area (TPSA) is 18.5 Å². The summed E-state index contributed by atoms with van der Waals surface area (Å²) in [7, 11) is 0.858. The van der Waals surface area contributed by atoms with E-state index < -0.39 is 16.5 Å². The van der Waals surface area contributed by atoms with Crippen molar-refractivity contribution in [2.45, 2.75) is 25.2 Å². The van der Waals surface area contributed by atoms with Crippen LogP contribution in [-0.2, 0) is 8.85 Å². The fourth-order valence-electron chi connectivity index (χ4n) is 2.83. The molecule has 2 aromatic rings. The number of rotatable bonds is 7. The minimum absolute atomic E-state index is 0.419. The van der Waals surface area contributed by atoms with E-state index in [1.807, 2.05) is 0 Å². The van der Waals surface area contributed by atoms with Crippen LogP contribution in [0.5, 0.6) is 0 Å². The van der Waals surface area contributed by atoms with E-state index in [1.54, 1.807) is 14.2 Å². The first-order valence-electron chi connectivity index (χ1n) is 7.66. The Balaban J connectivity index is 2.53. The zero-order valence-corrected chi connectivity index (χ0v) is 15.7. The molecule has 0 aliphatic carbocycles. The Labute approximate surface area is 136 Å². The zero-order chi connectivity index (χ0) is 16.0. The molecular weight excluding hydrogens is 307 g/mol. The van der Waals surface area contributed by atoms with Crippen LogP contribution >= 0.6 is 7.92 Å². The molecule has 0 bridgehead atoms. The molecule has 0 radical (unpaired) electrons. The van der Waals surface area contributed by atoms with Gasteiger partial charge in [-0.3, -0.25) is 0 Å². The molecule has 0 aliphatic rings. The molecule has 4 heteroatoms. The molecule has 0 saturated carbocycles. The lowest BCUT2D eigenvalue weighted by molar-refractivity contribution is 0.246. The minimum Gasteiger partial charge on any atom is -0.397 e. The van der Waals surface area contributed by atoms with Gasteiger partial charge in [0.05, 0.1) is 0 Å². The predicted molar refractivity (Wildman–Crippen MR) is 98.8 cm³/mol. The van der Waals surface area contributed by atoms with Crippen LogP contribution in [-0.4, -0.2) is 28.1 Å².